The molecule has 0 aliphatic heterocycles. The lowest BCUT2D eigenvalue weighted by atomic mass is 10.1. The Hall–Kier alpha value is -4.41. The highest BCUT2D eigenvalue weighted by molar-refractivity contribution is 7.90. The van der Waals surface area contributed by atoms with E-state index in [1.165, 1.54) is 24.7 Å². The van der Waals surface area contributed by atoms with Crippen LogP contribution in [-0.2, 0) is 23.0 Å². The Morgan fingerprint density at radius 2 is 1.70 bits per heavy atom. The largest absolute Gasteiger partial charge is 0.489 e. The number of halogens is 1. The molecule has 5 aromatic rings. The molecule has 2 N–H and O–H groups in total. The van der Waals surface area contributed by atoms with Crippen molar-refractivity contribution in [1.29, 1.82) is 0 Å². The van der Waals surface area contributed by atoms with Crippen molar-refractivity contribution in [1.82, 2.24) is 20.3 Å². The summed E-state index contributed by atoms with van der Waals surface area (Å²) in [6.45, 7) is 1.29. The van der Waals surface area contributed by atoms with E-state index in [-0.39, 0.29) is 11.6 Å². The van der Waals surface area contributed by atoms with Crippen molar-refractivity contribution in [2.75, 3.05) is 23.9 Å². The molecule has 10 heteroatoms. The number of aromatic nitrogens is 3. The second kappa shape index (κ2) is 12.2. The molecule has 0 aliphatic carbocycles. The summed E-state index contributed by atoms with van der Waals surface area (Å²) in [6, 6.07) is 23.6. The quantitative estimate of drug-likeness (QED) is 0.211. The molecule has 0 unspecified atom stereocenters. The molecule has 8 nitrogen and oxygen atoms in total. The van der Waals surface area contributed by atoms with Crippen LogP contribution in [0.15, 0.2) is 91.4 Å². The zero-order chi connectivity index (χ0) is 28.0. The fraction of sp³-hybridized carbons (Fsp3) is 0.167. The highest BCUT2D eigenvalue weighted by atomic mass is 32.2. The monoisotopic (exact) mass is 557 g/mol. The summed E-state index contributed by atoms with van der Waals surface area (Å²) in [5.74, 6) is 1.16. The molecule has 0 spiro atoms. The number of fused-ring (bicyclic) bond motifs is 1. The number of anilines is 2. The SMILES string of the molecule is CS(=O)(=O)CCNCc1cccc(-c2cc3c(Nc4ccc(OCc5ccc(F)cc5)cc4)ncnc3cn2)c1. The Bertz CT molecular complexity index is 1710. The number of pyridine rings is 1. The summed E-state index contributed by atoms with van der Waals surface area (Å²) in [7, 11) is -3.00. The van der Waals surface area contributed by atoms with Gasteiger partial charge in [-0.3, -0.25) is 4.98 Å². The minimum Gasteiger partial charge on any atom is -0.489 e. The third-order valence-corrected chi connectivity index (χ3v) is 7.10. The first-order chi connectivity index (χ1) is 19.3. The van der Waals surface area contributed by atoms with Gasteiger partial charge in [-0.25, -0.2) is 22.8 Å². The lowest BCUT2D eigenvalue weighted by Crippen LogP contribution is -2.21. The third kappa shape index (κ3) is 7.37. The molecule has 5 rings (SSSR count). The number of rotatable bonds is 11. The Morgan fingerprint density at radius 1 is 0.900 bits per heavy atom. The highest BCUT2D eigenvalue weighted by Gasteiger charge is 2.09. The van der Waals surface area contributed by atoms with Gasteiger partial charge in [0.25, 0.3) is 0 Å². The standard InChI is InChI=1S/C30H28FN5O3S/c1-40(37,38)14-13-32-17-22-3-2-4-23(15-22)28-16-27-29(18-33-28)34-20-35-30(27)36-25-9-11-26(12-10-25)39-19-21-5-7-24(31)8-6-21/h2-12,15-16,18,20,32H,13-14,17,19H2,1H3,(H,34,35,36). The lowest BCUT2D eigenvalue weighted by Gasteiger charge is -2.11. The third-order valence-electron chi connectivity index (χ3n) is 6.16. The Kier molecular flexibility index (Phi) is 8.28. The van der Waals surface area contributed by atoms with Gasteiger partial charge in [-0.2, -0.15) is 0 Å². The average molecular weight is 558 g/mol. The van der Waals surface area contributed by atoms with Crippen LogP contribution in [0.5, 0.6) is 5.75 Å². The molecule has 3 aromatic carbocycles. The topological polar surface area (TPSA) is 106 Å². The number of benzene rings is 3. The van der Waals surface area contributed by atoms with Crippen LogP contribution in [0.25, 0.3) is 22.2 Å². The highest BCUT2D eigenvalue weighted by Crippen LogP contribution is 2.28. The maximum Gasteiger partial charge on any atom is 0.148 e. The molecule has 0 atom stereocenters. The lowest BCUT2D eigenvalue weighted by molar-refractivity contribution is 0.306. The molecule has 204 valence electrons. The van der Waals surface area contributed by atoms with Gasteiger partial charge in [0.1, 0.15) is 40.2 Å². The molecule has 40 heavy (non-hydrogen) atoms. The minimum absolute atomic E-state index is 0.0977. The molecular formula is C30H28FN5O3S. The van der Waals surface area contributed by atoms with Crippen molar-refractivity contribution < 1.29 is 17.5 Å². The van der Waals surface area contributed by atoms with Gasteiger partial charge in [0.2, 0.25) is 0 Å². The van der Waals surface area contributed by atoms with E-state index in [9.17, 15) is 12.8 Å². The van der Waals surface area contributed by atoms with Crippen LogP contribution >= 0.6 is 0 Å². The van der Waals surface area contributed by atoms with Crippen LogP contribution in [0.1, 0.15) is 11.1 Å². The van der Waals surface area contributed by atoms with E-state index in [1.807, 2.05) is 54.6 Å². The van der Waals surface area contributed by atoms with E-state index in [1.54, 1.807) is 18.3 Å². The summed E-state index contributed by atoms with van der Waals surface area (Å²) >= 11 is 0. The molecule has 0 radical (unpaired) electrons. The maximum atomic E-state index is 13.1. The van der Waals surface area contributed by atoms with Gasteiger partial charge in [-0.1, -0.05) is 30.3 Å². The summed E-state index contributed by atoms with van der Waals surface area (Å²) in [5.41, 5.74) is 5.15. The van der Waals surface area contributed by atoms with E-state index in [0.29, 0.717) is 36.8 Å². The molecule has 0 aliphatic rings. The van der Waals surface area contributed by atoms with Crippen LogP contribution in [0.4, 0.5) is 15.9 Å². The fourth-order valence-electron chi connectivity index (χ4n) is 4.07. The van der Waals surface area contributed by atoms with Crippen molar-refractivity contribution >= 4 is 32.2 Å². The molecule has 0 saturated carbocycles. The van der Waals surface area contributed by atoms with Crippen molar-refractivity contribution in [3.05, 3.63) is 108 Å². The number of nitrogens with zero attached hydrogens (tertiary/aromatic N) is 3. The van der Waals surface area contributed by atoms with Gasteiger partial charge in [0.05, 0.1) is 23.2 Å². The van der Waals surface area contributed by atoms with Crippen LogP contribution in [0.2, 0.25) is 0 Å². The maximum absolute atomic E-state index is 13.1. The van der Waals surface area contributed by atoms with E-state index >= 15 is 0 Å². The number of hydrogen-bond acceptors (Lipinski definition) is 8. The van der Waals surface area contributed by atoms with Crippen molar-refractivity contribution in [3.8, 4) is 17.0 Å². The predicted molar refractivity (Wildman–Crippen MR) is 155 cm³/mol. The molecule has 0 saturated heterocycles. The Balaban J connectivity index is 1.28. The van der Waals surface area contributed by atoms with Crippen molar-refractivity contribution in [2.24, 2.45) is 0 Å². The molecule has 2 heterocycles. The molecular weight excluding hydrogens is 529 g/mol. The summed E-state index contributed by atoms with van der Waals surface area (Å²) in [5, 5.41) is 7.35. The number of hydrogen-bond donors (Lipinski definition) is 2. The van der Waals surface area contributed by atoms with Gasteiger partial charge in [0, 0.05) is 36.0 Å². The van der Waals surface area contributed by atoms with Crippen molar-refractivity contribution in [2.45, 2.75) is 13.2 Å². The average Bonchev–Trinajstić information content (AvgIpc) is 2.95. The second-order valence-corrected chi connectivity index (χ2v) is 11.6. The number of sulfone groups is 1. The van der Waals surface area contributed by atoms with Crippen LogP contribution in [0.3, 0.4) is 0 Å². The first-order valence-corrected chi connectivity index (χ1v) is 14.7. The first-order valence-electron chi connectivity index (χ1n) is 12.7. The Labute approximate surface area is 232 Å². The van der Waals surface area contributed by atoms with E-state index in [4.69, 9.17) is 4.74 Å². The van der Waals surface area contributed by atoms with Crippen LogP contribution in [-0.4, -0.2) is 41.9 Å². The van der Waals surface area contributed by atoms with Crippen LogP contribution < -0.4 is 15.4 Å². The van der Waals surface area contributed by atoms with Gasteiger partial charge in [0.15, 0.2) is 0 Å². The summed E-state index contributed by atoms with van der Waals surface area (Å²) in [6.07, 6.45) is 4.45. The molecule has 2 aromatic heterocycles. The van der Waals surface area contributed by atoms with Gasteiger partial charge < -0.3 is 15.4 Å². The fourth-order valence-corrected chi connectivity index (χ4v) is 4.58. The number of nitrogens with one attached hydrogen (secondary N) is 2. The van der Waals surface area contributed by atoms with E-state index in [0.717, 1.165) is 33.5 Å². The molecule has 0 fully saturated rings. The number of ether oxygens (including phenoxy) is 1. The Morgan fingerprint density at radius 3 is 2.48 bits per heavy atom. The first kappa shape index (κ1) is 27.2. The van der Waals surface area contributed by atoms with Crippen LogP contribution in [0, 0.1) is 5.82 Å². The summed E-state index contributed by atoms with van der Waals surface area (Å²) in [4.78, 5) is 13.4. The predicted octanol–water partition coefficient (Wildman–Crippen LogP) is 5.29. The zero-order valence-corrected chi connectivity index (χ0v) is 22.7. The molecule has 0 bridgehead atoms. The zero-order valence-electron chi connectivity index (χ0n) is 21.8. The van der Waals surface area contributed by atoms with Gasteiger partial charge >= 0.3 is 0 Å². The smallest absolute Gasteiger partial charge is 0.148 e. The van der Waals surface area contributed by atoms with Gasteiger partial charge in [-0.15, -0.1) is 0 Å². The van der Waals surface area contributed by atoms with E-state index < -0.39 is 9.84 Å². The normalized spacial score (nSPS) is 11.4. The second-order valence-electron chi connectivity index (χ2n) is 9.38. The summed E-state index contributed by atoms with van der Waals surface area (Å²) < 4.78 is 41.6. The minimum atomic E-state index is -3.00. The van der Waals surface area contributed by atoms with E-state index in [2.05, 4.69) is 25.6 Å². The van der Waals surface area contributed by atoms with Gasteiger partial charge in [-0.05, 0) is 59.7 Å². The molecule has 0 amide bonds. The van der Waals surface area contributed by atoms with Crippen molar-refractivity contribution in [3.63, 3.8) is 0 Å².